The van der Waals surface area contributed by atoms with Crippen molar-refractivity contribution in [2.75, 3.05) is 12.8 Å². The van der Waals surface area contributed by atoms with Gasteiger partial charge >= 0.3 is 0 Å². The predicted octanol–water partition coefficient (Wildman–Crippen LogP) is 3.42. The summed E-state index contributed by atoms with van der Waals surface area (Å²) >= 11 is 1.70. The second kappa shape index (κ2) is 5.58. The third kappa shape index (κ3) is 2.83. The van der Waals surface area contributed by atoms with E-state index in [4.69, 9.17) is 0 Å². The van der Waals surface area contributed by atoms with Crippen molar-refractivity contribution in [1.82, 2.24) is 4.90 Å². The molecule has 1 aromatic rings. The SMILES string of the molecule is CSc1ccc(C(=O)N2CCCCC2C)cc1. The minimum Gasteiger partial charge on any atom is -0.336 e. The first-order chi connectivity index (χ1) is 8.22. The first-order valence-electron chi connectivity index (χ1n) is 6.17. The molecule has 1 aliphatic rings. The quantitative estimate of drug-likeness (QED) is 0.748. The number of thioether (sulfide) groups is 1. The van der Waals surface area contributed by atoms with E-state index in [1.54, 1.807) is 11.8 Å². The third-order valence-electron chi connectivity index (χ3n) is 3.40. The molecule has 3 heteroatoms. The van der Waals surface area contributed by atoms with Gasteiger partial charge in [0.1, 0.15) is 0 Å². The van der Waals surface area contributed by atoms with E-state index in [2.05, 4.69) is 6.92 Å². The molecule has 0 saturated carbocycles. The second-order valence-electron chi connectivity index (χ2n) is 4.57. The summed E-state index contributed by atoms with van der Waals surface area (Å²) in [5, 5.41) is 0. The van der Waals surface area contributed by atoms with Crippen molar-refractivity contribution in [2.24, 2.45) is 0 Å². The van der Waals surface area contributed by atoms with Gasteiger partial charge < -0.3 is 4.90 Å². The number of hydrogen-bond acceptors (Lipinski definition) is 2. The van der Waals surface area contributed by atoms with Crippen LogP contribution in [0.1, 0.15) is 36.5 Å². The maximum Gasteiger partial charge on any atom is 0.254 e. The molecule has 1 amide bonds. The molecule has 1 fully saturated rings. The molecule has 1 aliphatic heterocycles. The van der Waals surface area contributed by atoms with Crippen molar-refractivity contribution < 1.29 is 4.79 Å². The number of nitrogens with zero attached hydrogens (tertiary/aromatic N) is 1. The maximum atomic E-state index is 12.3. The van der Waals surface area contributed by atoms with Gasteiger partial charge in [-0.25, -0.2) is 0 Å². The van der Waals surface area contributed by atoms with Crippen molar-refractivity contribution in [1.29, 1.82) is 0 Å². The summed E-state index contributed by atoms with van der Waals surface area (Å²) in [6.45, 7) is 3.05. The van der Waals surface area contributed by atoms with Crippen LogP contribution in [0.25, 0.3) is 0 Å². The molecular formula is C14H19NOS. The Hall–Kier alpha value is -0.960. The van der Waals surface area contributed by atoms with Crippen LogP contribution in [-0.2, 0) is 0 Å². The zero-order valence-corrected chi connectivity index (χ0v) is 11.3. The van der Waals surface area contributed by atoms with Crippen LogP contribution < -0.4 is 0 Å². The van der Waals surface area contributed by atoms with Gasteiger partial charge in [0.15, 0.2) is 0 Å². The van der Waals surface area contributed by atoms with Crippen molar-refractivity contribution in [3.63, 3.8) is 0 Å². The van der Waals surface area contributed by atoms with E-state index in [9.17, 15) is 4.79 Å². The van der Waals surface area contributed by atoms with E-state index in [0.29, 0.717) is 6.04 Å². The number of hydrogen-bond donors (Lipinski definition) is 0. The first kappa shape index (κ1) is 12.5. The first-order valence-corrected chi connectivity index (χ1v) is 7.40. The summed E-state index contributed by atoms with van der Waals surface area (Å²) in [4.78, 5) is 15.5. The number of rotatable bonds is 2. The van der Waals surface area contributed by atoms with E-state index in [-0.39, 0.29) is 5.91 Å². The summed E-state index contributed by atoms with van der Waals surface area (Å²) in [6, 6.07) is 8.31. The number of piperidine rings is 1. The van der Waals surface area contributed by atoms with E-state index < -0.39 is 0 Å². The van der Waals surface area contributed by atoms with Crippen LogP contribution in [0.5, 0.6) is 0 Å². The summed E-state index contributed by atoms with van der Waals surface area (Å²) in [5.41, 5.74) is 0.816. The average Bonchev–Trinajstić information content (AvgIpc) is 2.39. The summed E-state index contributed by atoms with van der Waals surface area (Å²) < 4.78 is 0. The molecule has 17 heavy (non-hydrogen) atoms. The van der Waals surface area contributed by atoms with Crippen LogP contribution >= 0.6 is 11.8 Å². The number of carbonyl (C=O) groups excluding carboxylic acids is 1. The Bertz CT molecular complexity index is 388. The lowest BCUT2D eigenvalue weighted by Crippen LogP contribution is -2.41. The van der Waals surface area contributed by atoms with Crippen molar-refractivity contribution in [3.8, 4) is 0 Å². The Balaban J connectivity index is 2.12. The Morgan fingerprint density at radius 1 is 1.29 bits per heavy atom. The van der Waals surface area contributed by atoms with Gasteiger partial charge in [-0.05, 0) is 56.7 Å². The Labute approximate surface area is 107 Å². The van der Waals surface area contributed by atoms with Crippen molar-refractivity contribution >= 4 is 17.7 Å². The predicted molar refractivity (Wildman–Crippen MR) is 72.6 cm³/mol. The minimum atomic E-state index is 0.185. The lowest BCUT2D eigenvalue weighted by Gasteiger charge is -2.33. The molecular weight excluding hydrogens is 230 g/mol. The van der Waals surface area contributed by atoms with Crippen LogP contribution in [-0.4, -0.2) is 29.6 Å². The molecule has 2 rings (SSSR count). The molecule has 1 aromatic carbocycles. The fourth-order valence-electron chi connectivity index (χ4n) is 2.30. The van der Waals surface area contributed by atoms with E-state index in [0.717, 1.165) is 24.9 Å². The van der Waals surface area contributed by atoms with Crippen LogP contribution in [0.2, 0.25) is 0 Å². The van der Waals surface area contributed by atoms with Crippen LogP contribution in [0.4, 0.5) is 0 Å². The lowest BCUT2D eigenvalue weighted by molar-refractivity contribution is 0.0635. The zero-order valence-electron chi connectivity index (χ0n) is 10.5. The van der Waals surface area contributed by atoms with E-state index in [1.165, 1.54) is 11.3 Å². The Morgan fingerprint density at radius 2 is 2.00 bits per heavy atom. The largest absolute Gasteiger partial charge is 0.336 e. The minimum absolute atomic E-state index is 0.185. The van der Waals surface area contributed by atoms with Gasteiger partial charge in [-0.1, -0.05) is 0 Å². The zero-order chi connectivity index (χ0) is 12.3. The van der Waals surface area contributed by atoms with Gasteiger partial charge in [-0.3, -0.25) is 4.79 Å². The van der Waals surface area contributed by atoms with E-state index in [1.807, 2.05) is 35.4 Å². The summed E-state index contributed by atoms with van der Waals surface area (Å²) in [6.07, 6.45) is 5.56. The van der Waals surface area contributed by atoms with Gasteiger partial charge in [0.05, 0.1) is 0 Å². The molecule has 1 atom stereocenters. The number of benzene rings is 1. The van der Waals surface area contributed by atoms with Gasteiger partial charge in [-0.2, -0.15) is 0 Å². The van der Waals surface area contributed by atoms with Gasteiger partial charge in [0.2, 0.25) is 0 Å². The van der Waals surface area contributed by atoms with Gasteiger partial charge in [0.25, 0.3) is 5.91 Å². The highest BCUT2D eigenvalue weighted by Crippen LogP contribution is 2.21. The van der Waals surface area contributed by atoms with Crippen LogP contribution in [0, 0.1) is 0 Å². The normalized spacial score (nSPS) is 20.4. The van der Waals surface area contributed by atoms with Crippen LogP contribution in [0.3, 0.4) is 0 Å². The monoisotopic (exact) mass is 249 g/mol. The number of likely N-dealkylation sites (tertiary alicyclic amines) is 1. The standard InChI is InChI=1S/C14H19NOS/c1-11-5-3-4-10-15(11)14(16)12-6-8-13(17-2)9-7-12/h6-9,11H,3-5,10H2,1-2H3. The molecule has 92 valence electrons. The van der Waals surface area contributed by atoms with Gasteiger partial charge in [0, 0.05) is 23.0 Å². The molecule has 1 saturated heterocycles. The molecule has 0 aliphatic carbocycles. The molecule has 2 nitrogen and oxygen atoms in total. The number of amides is 1. The second-order valence-corrected chi connectivity index (χ2v) is 5.45. The molecule has 0 spiro atoms. The van der Waals surface area contributed by atoms with Crippen LogP contribution in [0.15, 0.2) is 29.2 Å². The molecule has 1 heterocycles. The Kier molecular flexibility index (Phi) is 4.11. The highest BCUT2D eigenvalue weighted by molar-refractivity contribution is 7.98. The fraction of sp³-hybridized carbons (Fsp3) is 0.500. The highest BCUT2D eigenvalue weighted by atomic mass is 32.2. The average molecular weight is 249 g/mol. The maximum absolute atomic E-state index is 12.3. The molecule has 1 unspecified atom stereocenters. The molecule has 0 radical (unpaired) electrons. The topological polar surface area (TPSA) is 20.3 Å². The molecule has 0 aromatic heterocycles. The molecule has 0 bridgehead atoms. The summed E-state index contributed by atoms with van der Waals surface area (Å²) in [7, 11) is 0. The lowest BCUT2D eigenvalue weighted by atomic mass is 10.0. The Morgan fingerprint density at radius 3 is 2.59 bits per heavy atom. The highest BCUT2D eigenvalue weighted by Gasteiger charge is 2.23. The van der Waals surface area contributed by atoms with Crippen molar-refractivity contribution in [2.45, 2.75) is 37.1 Å². The smallest absolute Gasteiger partial charge is 0.254 e. The van der Waals surface area contributed by atoms with Crippen molar-refractivity contribution in [3.05, 3.63) is 29.8 Å². The fourth-order valence-corrected chi connectivity index (χ4v) is 2.71. The number of carbonyl (C=O) groups is 1. The third-order valence-corrected chi connectivity index (χ3v) is 4.14. The van der Waals surface area contributed by atoms with Gasteiger partial charge in [-0.15, -0.1) is 11.8 Å². The van der Waals surface area contributed by atoms with E-state index >= 15 is 0 Å². The molecule has 0 N–H and O–H groups in total. The summed E-state index contributed by atoms with van der Waals surface area (Å²) in [5.74, 6) is 0.185.